The van der Waals surface area contributed by atoms with E-state index < -0.39 is 0 Å². The molecule has 2 heteroatoms. The van der Waals surface area contributed by atoms with Crippen LogP contribution in [0.15, 0.2) is 66.7 Å². The van der Waals surface area contributed by atoms with E-state index >= 15 is 0 Å². The van der Waals surface area contributed by atoms with Crippen molar-refractivity contribution in [2.24, 2.45) is 0 Å². The Labute approximate surface area is 150 Å². The molecule has 120 valence electrons. The van der Waals surface area contributed by atoms with Crippen molar-refractivity contribution in [3.63, 3.8) is 0 Å². The number of benzene rings is 3. The van der Waals surface area contributed by atoms with Gasteiger partial charge in [0.25, 0.3) is 0 Å². The Morgan fingerprint density at radius 1 is 0.654 bits per heavy atom. The van der Waals surface area contributed by atoms with E-state index in [2.05, 4.69) is 36.4 Å². The molecule has 2 aliphatic carbocycles. The lowest BCUT2D eigenvalue weighted by atomic mass is 9.99. The summed E-state index contributed by atoms with van der Waals surface area (Å²) in [5, 5.41) is 1.22. The van der Waals surface area contributed by atoms with E-state index in [1.54, 1.807) is 0 Å². The minimum atomic E-state index is 0.111. The smallest absolute Gasteiger partial charge is 0.194 e. The van der Waals surface area contributed by atoms with Crippen molar-refractivity contribution in [2.75, 3.05) is 0 Å². The minimum absolute atomic E-state index is 0.111. The van der Waals surface area contributed by atoms with Crippen molar-refractivity contribution in [2.45, 2.75) is 0 Å². The van der Waals surface area contributed by atoms with E-state index in [1.807, 2.05) is 42.5 Å². The third-order valence-electron chi connectivity index (χ3n) is 5.36. The molecule has 1 aromatic heterocycles. The first-order valence-electron chi connectivity index (χ1n) is 8.70. The number of fused-ring (bicyclic) bond motifs is 3. The highest BCUT2D eigenvalue weighted by molar-refractivity contribution is 6.22. The molecule has 0 saturated carbocycles. The topological polar surface area (TPSA) is 30.0 Å². The molecule has 0 unspecified atom stereocenters. The SMILES string of the molecule is O=C1c2ccccc2-c2cc(-c3cc4c5c(cccc5n3)C=C4)ccc21. The molecule has 2 aliphatic rings. The molecule has 2 nitrogen and oxygen atoms in total. The highest BCUT2D eigenvalue weighted by atomic mass is 16.1. The summed E-state index contributed by atoms with van der Waals surface area (Å²) in [6.07, 6.45) is 4.29. The van der Waals surface area contributed by atoms with Crippen molar-refractivity contribution in [1.29, 1.82) is 0 Å². The summed E-state index contributed by atoms with van der Waals surface area (Å²) in [6, 6.07) is 22.2. The van der Waals surface area contributed by atoms with Gasteiger partial charge in [-0.3, -0.25) is 4.79 Å². The molecule has 0 aliphatic heterocycles. The van der Waals surface area contributed by atoms with Gasteiger partial charge in [0.2, 0.25) is 0 Å². The standard InChI is InChI=1S/C24H13NO/c26-24-18-6-2-1-5-17(18)20-12-15(10-11-19(20)24)22-13-16-9-8-14-4-3-7-21(25-22)23(14)16/h1-13H. The summed E-state index contributed by atoms with van der Waals surface area (Å²) in [7, 11) is 0. The molecular formula is C24H13NO. The Morgan fingerprint density at radius 3 is 2.38 bits per heavy atom. The third kappa shape index (κ3) is 1.71. The Hall–Kier alpha value is -3.52. The first kappa shape index (κ1) is 13.7. The fourth-order valence-electron chi connectivity index (χ4n) is 4.13. The quantitative estimate of drug-likeness (QED) is 0.393. The highest BCUT2D eigenvalue weighted by Gasteiger charge is 2.26. The largest absolute Gasteiger partial charge is 0.289 e. The first-order chi connectivity index (χ1) is 12.8. The third-order valence-corrected chi connectivity index (χ3v) is 5.36. The maximum Gasteiger partial charge on any atom is 0.194 e. The summed E-state index contributed by atoms with van der Waals surface area (Å²) in [5.41, 5.74) is 9.01. The fraction of sp³-hybridized carbons (Fsp3) is 0. The lowest BCUT2D eigenvalue weighted by Gasteiger charge is -2.08. The second-order valence-electron chi connectivity index (χ2n) is 6.81. The van der Waals surface area contributed by atoms with E-state index in [1.165, 1.54) is 16.5 Å². The van der Waals surface area contributed by atoms with Crippen LogP contribution in [0.2, 0.25) is 0 Å². The van der Waals surface area contributed by atoms with E-state index in [0.717, 1.165) is 39.0 Å². The molecule has 0 radical (unpaired) electrons. The second kappa shape index (κ2) is 4.77. The molecule has 4 aromatic rings. The molecule has 0 spiro atoms. The molecule has 0 atom stereocenters. The molecule has 3 aromatic carbocycles. The van der Waals surface area contributed by atoms with Gasteiger partial charge in [0.05, 0.1) is 11.2 Å². The molecule has 26 heavy (non-hydrogen) atoms. The van der Waals surface area contributed by atoms with Gasteiger partial charge in [0.1, 0.15) is 0 Å². The van der Waals surface area contributed by atoms with Gasteiger partial charge in [0.15, 0.2) is 5.78 Å². The Balaban J connectivity index is 1.59. The van der Waals surface area contributed by atoms with E-state index in [4.69, 9.17) is 4.98 Å². The average Bonchev–Trinajstić information content (AvgIpc) is 3.23. The molecule has 0 fully saturated rings. The monoisotopic (exact) mass is 331 g/mol. The number of hydrogen-bond acceptors (Lipinski definition) is 2. The average molecular weight is 331 g/mol. The van der Waals surface area contributed by atoms with Gasteiger partial charge < -0.3 is 0 Å². The maximum atomic E-state index is 12.6. The predicted octanol–water partition coefficient (Wildman–Crippen LogP) is 5.60. The zero-order valence-corrected chi connectivity index (χ0v) is 13.9. The highest BCUT2D eigenvalue weighted by Crippen LogP contribution is 2.39. The number of pyridine rings is 1. The Kier molecular flexibility index (Phi) is 2.52. The van der Waals surface area contributed by atoms with Gasteiger partial charge in [-0.25, -0.2) is 4.98 Å². The van der Waals surface area contributed by atoms with E-state index in [9.17, 15) is 4.79 Å². The van der Waals surface area contributed by atoms with Crippen LogP contribution in [0.5, 0.6) is 0 Å². The van der Waals surface area contributed by atoms with Crippen molar-refractivity contribution < 1.29 is 4.79 Å². The number of ketones is 1. The molecular weight excluding hydrogens is 318 g/mol. The molecule has 6 rings (SSSR count). The van der Waals surface area contributed by atoms with Gasteiger partial charge in [-0.15, -0.1) is 0 Å². The molecule has 0 bridgehead atoms. The van der Waals surface area contributed by atoms with Crippen LogP contribution >= 0.6 is 0 Å². The summed E-state index contributed by atoms with van der Waals surface area (Å²) in [6.45, 7) is 0. The van der Waals surface area contributed by atoms with Crippen LogP contribution in [0.25, 0.3) is 45.4 Å². The minimum Gasteiger partial charge on any atom is -0.289 e. The second-order valence-corrected chi connectivity index (χ2v) is 6.81. The van der Waals surface area contributed by atoms with Crippen molar-refractivity contribution in [3.05, 3.63) is 89.0 Å². The summed E-state index contributed by atoms with van der Waals surface area (Å²) >= 11 is 0. The lowest BCUT2D eigenvalue weighted by molar-refractivity contribution is 0.104. The van der Waals surface area contributed by atoms with Crippen LogP contribution < -0.4 is 0 Å². The first-order valence-corrected chi connectivity index (χ1v) is 8.70. The number of rotatable bonds is 1. The molecule has 1 heterocycles. The van der Waals surface area contributed by atoms with Crippen molar-refractivity contribution in [1.82, 2.24) is 4.98 Å². The van der Waals surface area contributed by atoms with Crippen LogP contribution in [0.3, 0.4) is 0 Å². The normalized spacial score (nSPS) is 13.3. The number of hydrogen-bond donors (Lipinski definition) is 0. The van der Waals surface area contributed by atoms with Gasteiger partial charge in [-0.1, -0.05) is 54.6 Å². The summed E-state index contributed by atoms with van der Waals surface area (Å²) in [4.78, 5) is 17.5. The summed E-state index contributed by atoms with van der Waals surface area (Å²) < 4.78 is 0. The van der Waals surface area contributed by atoms with Gasteiger partial charge in [-0.05, 0) is 46.5 Å². The van der Waals surface area contributed by atoms with E-state index in [0.29, 0.717) is 0 Å². The van der Waals surface area contributed by atoms with Crippen LogP contribution in [0.4, 0.5) is 0 Å². The number of aromatic nitrogens is 1. The number of nitrogens with zero attached hydrogens (tertiary/aromatic N) is 1. The lowest BCUT2D eigenvalue weighted by Crippen LogP contribution is -1.95. The van der Waals surface area contributed by atoms with Crippen molar-refractivity contribution in [3.8, 4) is 22.4 Å². The van der Waals surface area contributed by atoms with Crippen LogP contribution in [0.1, 0.15) is 27.0 Å². The van der Waals surface area contributed by atoms with Crippen LogP contribution in [0, 0.1) is 0 Å². The van der Waals surface area contributed by atoms with Gasteiger partial charge >= 0.3 is 0 Å². The van der Waals surface area contributed by atoms with E-state index in [-0.39, 0.29) is 5.78 Å². The number of carbonyl (C=O) groups excluding carboxylic acids is 1. The molecule has 0 amide bonds. The predicted molar refractivity (Wildman–Crippen MR) is 105 cm³/mol. The molecule has 0 N–H and O–H groups in total. The number of carbonyl (C=O) groups is 1. The van der Waals surface area contributed by atoms with Gasteiger partial charge in [-0.2, -0.15) is 0 Å². The maximum absolute atomic E-state index is 12.6. The Bertz CT molecular complexity index is 1300. The van der Waals surface area contributed by atoms with Crippen LogP contribution in [-0.2, 0) is 0 Å². The summed E-state index contributed by atoms with van der Waals surface area (Å²) in [5.74, 6) is 0.111. The molecule has 0 saturated heterocycles. The van der Waals surface area contributed by atoms with Gasteiger partial charge in [0, 0.05) is 22.1 Å². The zero-order valence-electron chi connectivity index (χ0n) is 13.9. The van der Waals surface area contributed by atoms with Crippen LogP contribution in [-0.4, -0.2) is 10.8 Å². The van der Waals surface area contributed by atoms with Crippen molar-refractivity contribution >= 4 is 28.8 Å². The zero-order chi connectivity index (χ0) is 17.3. The fourth-order valence-corrected chi connectivity index (χ4v) is 4.13. The Morgan fingerprint density at radius 2 is 1.46 bits per heavy atom.